The molecule has 0 bridgehead atoms. The summed E-state index contributed by atoms with van der Waals surface area (Å²) in [4.78, 5) is 48.5. The van der Waals surface area contributed by atoms with Crippen LogP contribution in [0, 0.1) is 5.41 Å². The molecule has 0 spiro atoms. The van der Waals surface area contributed by atoms with Gasteiger partial charge in [-0.25, -0.2) is 5.48 Å². The van der Waals surface area contributed by atoms with Crippen LogP contribution in [0.5, 0.6) is 0 Å². The maximum absolute atomic E-state index is 13.7. The van der Waals surface area contributed by atoms with E-state index in [4.69, 9.17) is 4.84 Å². The van der Waals surface area contributed by atoms with Crippen LogP contribution in [0.4, 0.5) is 5.69 Å². The van der Waals surface area contributed by atoms with Crippen LogP contribution in [0.1, 0.15) is 32.8 Å². The van der Waals surface area contributed by atoms with Gasteiger partial charge < -0.3 is 20.4 Å². The molecule has 0 radical (unpaired) electrons. The van der Waals surface area contributed by atoms with Crippen LogP contribution in [0.25, 0.3) is 11.1 Å². The van der Waals surface area contributed by atoms with E-state index in [-0.39, 0.29) is 18.9 Å². The average molecular weight is 570 g/mol. The lowest BCUT2D eigenvalue weighted by molar-refractivity contribution is -0.140. The van der Waals surface area contributed by atoms with Gasteiger partial charge in [0.1, 0.15) is 12.1 Å². The van der Waals surface area contributed by atoms with E-state index in [9.17, 15) is 14.4 Å². The zero-order valence-corrected chi connectivity index (χ0v) is 24.5. The summed E-state index contributed by atoms with van der Waals surface area (Å²) in [6, 6.07) is 26.1. The Morgan fingerprint density at radius 3 is 2.07 bits per heavy atom. The van der Waals surface area contributed by atoms with Crippen LogP contribution < -0.4 is 21.0 Å². The molecule has 220 valence electrons. The van der Waals surface area contributed by atoms with Gasteiger partial charge in [-0.05, 0) is 34.2 Å². The van der Waals surface area contributed by atoms with Gasteiger partial charge in [-0.1, -0.05) is 93.6 Å². The van der Waals surface area contributed by atoms with Gasteiger partial charge in [0.05, 0.1) is 19.7 Å². The molecule has 1 aliphatic heterocycles. The Kier molecular flexibility index (Phi) is 9.98. The number of benzene rings is 3. The Hall–Kier alpha value is -4.63. The molecular weight excluding hydrogens is 530 g/mol. The van der Waals surface area contributed by atoms with E-state index < -0.39 is 29.3 Å². The number of anilines is 1. The van der Waals surface area contributed by atoms with Crippen molar-refractivity contribution in [2.75, 3.05) is 18.6 Å². The van der Waals surface area contributed by atoms with Crippen molar-refractivity contribution in [3.8, 4) is 11.1 Å². The van der Waals surface area contributed by atoms with E-state index in [1.165, 1.54) is 7.05 Å². The van der Waals surface area contributed by atoms with Gasteiger partial charge in [0.25, 0.3) is 0 Å². The first-order chi connectivity index (χ1) is 20.2. The summed E-state index contributed by atoms with van der Waals surface area (Å²) < 4.78 is 0. The first kappa shape index (κ1) is 30.3. The lowest BCUT2D eigenvalue weighted by Crippen LogP contribution is -2.57. The minimum atomic E-state index is -0.885. The molecule has 3 aromatic rings. The molecule has 9 nitrogen and oxygen atoms in total. The van der Waals surface area contributed by atoms with Crippen LogP contribution in [0.3, 0.4) is 0 Å². The number of amides is 3. The largest absolute Gasteiger partial charge is 0.357 e. The minimum Gasteiger partial charge on any atom is -0.357 e. The number of nitrogens with zero attached hydrogens (tertiary/aromatic N) is 2. The monoisotopic (exact) mass is 569 g/mol. The highest BCUT2D eigenvalue weighted by Crippen LogP contribution is 2.26. The van der Waals surface area contributed by atoms with Crippen molar-refractivity contribution in [3.63, 3.8) is 0 Å². The molecular formula is C33H39N5O4. The molecule has 4 rings (SSSR count). The average Bonchev–Trinajstić information content (AvgIpc) is 3.49. The summed E-state index contributed by atoms with van der Waals surface area (Å²) in [5.74, 6) is -1.18. The number of carbonyl (C=O) groups is 3. The zero-order valence-electron chi connectivity index (χ0n) is 24.5. The molecule has 1 aliphatic rings. The topological polar surface area (TPSA) is 103 Å². The van der Waals surface area contributed by atoms with Gasteiger partial charge in [-0.15, -0.1) is 0 Å². The van der Waals surface area contributed by atoms with Crippen molar-refractivity contribution in [1.82, 2.24) is 21.0 Å². The number of nitrogens with one attached hydrogen (secondary N) is 3. The summed E-state index contributed by atoms with van der Waals surface area (Å²) in [7, 11) is 1.53. The van der Waals surface area contributed by atoms with Gasteiger partial charge in [0, 0.05) is 25.1 Å². The van der Waals surface area contributed by atoms with Crippen LogP contribution in [-0.4, -0.2) is 48.4 Å². The predicted octanol–water partition coefficient (Wildman–Crippen LogP) is 4.19. The fourth-order valence-corrected chi connectivity index (χ4v) is 4.69. The van der Waals surface area contributed by atoms with Gasteiger partial charge in [-0.2, -0.15) is 0 Å². The number of rotatable bonds is 11. The maximum Gasteiger partial charge on any atom is 0.246 e. The Labute approximate surface area is 247 Å². The van der Waals surface area contributed by atoms with Crippen LogP contribution >= 0.6 is 0 Å². The summed E-state index contributed by atoms with van der Waals surface area (Å²) in [5.41, 5.74) is 5.99. The normalized spacial score (nSPS) is 14.3. The highest BCUT2D eigenvalue weighted by molar-refractivity contribution is 5.92. The number of hydrogen-bond donors (Lipinski definition) is 3. The van der Waals surface area contributed by atoms with Gasteiger partial charge in [0.15, 0.2) is 0 Å². The van der Waals surface area contributed by atoms with Crippen LogP contribution in [0.15, 0.2) is 97.3 Å². The highest BCUT2D eigenvalue weighted by atomic mass is 16.6. The molecule has 9 heteroatoms. The SMILES string of the molecule is CNC(=O)[C@@H](NC(=O)C(CC(=O)NOCc1ccccc1)N1C=CN(c2ccc(-c3ccccc3)cc2)C1)C(C)(C)C. The third-order valence-electron chi connectivity index (χ3n) is 7.07. The van der Waals surface area contributed by atoms with Crippen molar-refractivity contribution in [3.05, 3.63) is 103 Å². The Bertz CT molecular complexity index is 1370. The predicted molar refractivity (Wildman–Crippen MR) is 163 cm³/mol. The van der Waals surface area contributed by atoms with E-state index in [1.54, 1.807) is 11.1 Å². The maximum atomic E-state index is 13.7. The molecule has 1 unspecified atom stereocenters. The van der Waals surface area contributed by atoms with E-state index in [2.05, 4.69) is 40.4 Å². The van der Waals surface area contributed by atoms with Crippen molar-refractivity contribution in [2.45, 2.75) is 45.9 Å². The van der Waals surface area contributed by atoms with E-state index in [0.717, 1.165) is 22.4 Å². The molecule has 1 heterocycles. The first-order valence-electron chi connectivity index (χ1n) is 14.0. The molecule has 2 atom stereocenters. The number of hydroxylamine groups is 1. The second-order valence-corrected chi connectivity index (χ2v) is 11.3. The van der Waals surface area contributed by atoms with E-state index >= 15 is 0 Å². The van der Waals surface area contributed by atoms with Gasteiger partial charge in [0.2, 0.25) is 17.7 Å². The molecule has 3 N–H and O–H groups in total. The number of likely N-dealkylation sites (N-methyl/N-ethyl adjacent to an activating group) is 1. The van der Waals surface area contributed by atoms with Crippen molar-refractivity contribution in [1.29, 1.82) is 0 Å². The summed E-state index contributed by atoms with van der Waals surface area (Å²) in [5, 5.41) is 5.51. The van der Waals surface area contributed by atoms with E-state index in [0.29, 0.717) is 6.67 Å². The fraction of sp³-hybridized carbons (Fsp3) is 0.303. The lowest BCUT2D eigenvalue weighted by atomic mass is 9.86. The molecule has 0 saturated heterocycles. The Morgan fingerprint density at radius 2 is 1.45 bits per heavy atom. The molecule has 0 fully saturated rings. The molecule has 0 saturated carbocycles. The molecule has 42 heavy (non-hydrogen) atoms. The van der Waals surface area contributed by atoms with Gasteiger partial charge in [-0.3, -0.25) is 19.2 Å². The smallest absolute Gasteiger partial charge is 0.246 e. The molecule has 0 aromatic heterocycles. The molecule has 3 amide bonds. The van der Waals surface area contributed by atoms with E-state index in [1.807, 2.05) is 92.5 Å². The standard InChI is InChI=1S/C33H39N5O4/c1-33(2,3)30(32(41)34-4)35-31(40)28(21-29(39)36-42-22-24-11-7-5-8-12-24)38-20-19-37(23-38)27-17-15-26(16-18-27)25-13-9-6-10-14-25/h5-20,28,30H,21-23H2,1-4H3,(H,34,41)(H,35,40)(H,36,39)/t28?,30-/m1/s1. The Balaban J connectivity index is 1.46. The second-order valence-electron chi connectivity index (χ2n) is 11.3. The van der Waals surface area contributed by atoms with Gasteiger partial charge >= 0.3 is 0 Å². The minimum absolute atomic E-state index is 0.170. The summed E-state index contributed by atoms with van der Waals surface area (Å²) in [6.45, 7) is 6.18. The first-order valence-corrected chi connectivity index (χ1v) is 14.0. The van der Waals surface area contributed by atoms with Crippen molar-refractivity contribution >= 4 is 23.4 Å². The highest BCUT2D eigenvalue weighted by Gasteiger charge is 2.37. The molecule has 0 aliphatic carbocycles. The zero-order chi connectivity index (χ0) is 30.1. The third kappa shape index (κ3) is 7.98. The Morgan fingerprint density at radius 1 is 0.833 bits per heavy atom. The van der Waals surface area contributed by atoms with Crippen LogP contribution in [0.2, 0.25) is 0 Å². The third-order valence-corrected chi connectivity index (χ3v) is 7.07. The number of carbonyl (C=O) groups excluding carboxylic acids is 3. The quantitative estimate of drug-likeness (QED) is 0.300. The number of hydrogen-bond acceptors (Lipinski definition) is 6. The van der Waals surface area contributed by atoms with Crippen molar-refractivity contribution in [2.24, 2.45) is 5.41 Å². The van der Waals surface area contributed by atoms with Crippen LogP contribution in [-0.2, 0) is 25.8 Å². The summed E-state index contributed by atoms with van der Waals surface area (Å²) >= 11 is 0. The second kappa shape index (κ2) is 13.8. The lowest BCUT2D eigenvalue weighted by Gasteiger charge is -2.34. The fourth-order valence-electron chi connectivity index (χ4n) is 4.69. The van der Waals surface area contributed by atoms with Crippen molar-refractivity contribution < 1.29 is 19.2 Å². The molecule has 3 aromatic carbocycles. The summed E-state index contributed by atoms with van der Waals surface area (Å²) in [6.07, 6.45) is 3.50.